The molecule has 0 aliphatic heterocycles. The Kier molecular flexibility index (Phi) is 4.25. The van der Waals surface area contributed by atoms with Crippen LogP contribution in [0.2, 0.25) is 0 Å². The number of fused-ring (bicyclic) bond motifs is 1. The maximum Gasteiger partial charge on any atom is 0.255 e. The average molecular weight is 358 g/mol. The van der Waals surface area contributed by atoms with Crippen LogP contribution >= 0.6 is 0 Å². The number of aryl methyl sites for hydroxylation is 2. The number of benzene rings is 2. The van der Waals surface area contributed by atoms with E-state index in [9.17, 15) is 4.79 Å². The Hall–Kier alpha value is -3.74. The molecule has 0 atom stereocenters. The first-order valence-electron chi connectivity index (χ1n) is 8.51. The van der Waals surface area contributed by atoms with Crippen LogP contribution in [-0.2, 0) is 0 Å². The quantitative estimate of drug-likeness (QED) is 0.513. The number of carbonyl (C=O) groups is 1. The minimum absolute atomic E-state index is 0.196. The normalized spacial score (nSPS) is 10.7. The van der Waals surface area contributed by atoms with Crippen LogP contribution in [0.1, 0.15) is 21.7 Å². The molecule has 0 unspecified atom stereocenters. The van der Waals surface area contributed by atoms with E-state index in [1.54, 1.807) is 18.3 Å². The Balaban J connectivity index is 1.53. The number of hydrogen-bond acceptors (Lipinski definition) is 5. The maximum absolute atomic E-state index is 12.6. The van der Waals surface area contributed by atoms with Gasteiger partial charge in [0.1, 0.15) is 0 Å². The van der Waals surface area contributed by atoms with Crippen molar-refractivity contribution in [2.75, 3.05) is 10.6 Å². The van der Waals surface area contributed by atoms with Crippen LogP contribution in [0.15, 0.2) is 54.7 Å². The third-order valence-corrected chi connectivity index (χ3v) is 4.06. The van der Waals surface area contributed by atoms with Crippen molar-refractivity contribution in [1.29, 1.82) is 0 Å². The van der Waals surface area contributed by atoms with Crippen molar-refractivity contribution >= 4 is 34.1 Å². The Labute approximate surface area is 155 Å². The molecule has 3 N–H and O–H groups in total. The molecule has 27 heavy (non-hydrogen) atoms. The lowest BCUT2D eigenvalue weighted by Crippen LogP contribution is -2.12. The van der Waals surface area contributed by atoms with E-state index in [0.29, 0.717) is 17.2 Å². The lowest BCUT2D eigenvalue weighted by molar-refractivity contribution is 0.102. The molecule has 0 aliphatic carbocycles. The van der Waals surface area contributed by atoms with E-state index < -0.39 is 0 Å². The van der Waals surface area contributed by atoms with Crippen LogP contribution in [0, 0.1) is 13.8 Å². The number of amides is 1. The highest BCUT2D eigenvalue weighted by Crippen LogP contribution is 2.19. The van der Waals surface area contributed by atoms with Gasteiger partial charge in [0.05, 0.1) is 11.7 Å². The fourth-order valence-electron chi connectivity index (χ4n) is 2.87. The minimum Gasteiger partial charge on any atom is -0.324 e. The molecule has 2 aromatic heterocycles. The van der Waals surface area contributed by atoms with Gasteiger partial charge in [-0.25, -0.2) is 9.97 Å². The summed E-state index contributed by atoms with van der Waals surface area (Å²) in [5.74, 6) is 0.314. The van der Waals surface area contributed by atoms with E-state index >= 15 is 0 Å². The van der Waals surface area contributed by atoms with Gasteiger partial charge >= 0.3 is 0 Å². The largest absolute Gasteiger partial charge is 0.324 e. The first-order valence-corrected chi connectivity index (χ1v) is 8.51. The van der Waals surface area contributed by atoms with Gasteiger partial charge in [-0.15, -0.1) is 0 Å². The van der Waals surface area contributed by atoms with E-state index in [-0.39, 0.29) is 5.91 Å². The molecule has 4 rings (SSSR count). The Morgan fingerprint density at radius 1 is 0.963 bits per heavy atom. The number of H-pyrrole nitrogens is 1. The molecule has 0 saturated carbocycles. The molecule has 0 spiro atoms. The molecule has 1 amide bonds. The maximum atomic E-state index is 12.6. The first kappa shape index (κ1) is 16.7. The molecule has 0 bridgehead atoms. The smallest absolute Gasteiger partial charge is 0.255 e. The molecule has 7 heteroatoms. The molecule has 0 fully saturated rings. The summed E-state index contributed by atoms with van der Waals surface area (Å²) >= 11 is 0. The van der Waals surface area contributed by atoms with Crippen LogP contribution in [0.3, 0.4) is 0 Å². The van der Waals surface area contributed by atoms with Crippen LogP contribution in [0.4, 0.5) is 17.3 Å². The molecule has 134 valence electrons. The fourth-order valence-corrected chi connectivity index (χ4v) is 2.87. The van der Waals surface area contributed by atoms with Crippen LogP contribution < -0.4 is 10.6 Å². The van der Waals surface area contributed by atoms with Crippen molar-refractivity contribution in [3.05, 3.63) is 71.7 Å². The van der Waals surface area contributed by atoms with Crippen LogP contribution in [0.5, 0.6) is 0 Å². The van der Waals surface area contributed by atoms with Crippen molar-refractivity contribution in [1.82, 2.24) is 20.2 Å². The summed E-state index contributed by atoms with van der Waals surface area (Å²) in [5.41, 5.74) is 4.62. The molecule has 2 heterocycles. The van der Waals surface area contributed by atoms with Crippen molar-refractivity contribution in [2.45, 2.75) is 13.8 Å². The standard InChI is InChI=1S/C20H18N6O/c1-12-8-13(2)23-20(22-12)25-16-5-3-4-14(9-16)19(27)24-17-7-6-15-11-21-26-18(15)10-17/h3-11H,1-2H3,(H,21,26)(H,24,27)(H,22,23,25). The van der Waals surface area contributed by atoms with Gasteiger partial charge in [-0.05, 0) is 56.3 Å². The van der Waals surface area contributed by atoms with E-state index in [2.05, 4.69) is 30.8 Å². The fraction of sp³-hybridized carbons (Fsp3) is 0.100. The zero-order chi connectivity index (χ0) is 18.8. The van der Waals surface area contributed by atoms with Crippen molar-refractivity contribution in [3.8, 4) is 0 Å². The van der Waals surface area contributed by atoms with Gasteiger partial charge < -0.3 is 10.6 Å². The van der Waals surface area contributed by atoms with E-state index in [4.69, 9.17) is 0 Å². The number of aromatic amines is 1. The monoisotopic (exact) mass is 358 g/mol. The predicted octanol–water partition coefficient (Wildman–Crippen LogP) is 3.97. The molecular weight excluding hydrogens is 340 g/mol. The molecule has 0 saturated heterocycles. The van der Waals surface area contributed by atoms with Gasteiger partial charge in [0.25, 0.3) is 5.91 Å². The average Bonchev–Trinajstić information content (AvgIpc) is 3.09. The molecule has 0 aliphatic rings. The summed E-state index contributed by atoms with van der Waals surface area (Å²) in [6.45, 7) is 3.83. The Morgan fingerprint density at radius 3 is 2.59 bits per heavy atom. The third kappa shape index (κ3) is 3.77. The van der Waals surface area contributed by atoms with Crippen molar-refractivity contribution in [3.63, 3.8) is 0 Å². The zero-order valence-corrected chi connectivity index (χ0v) is 14.9. The first-order chi connectivity index (χ1) is 13.1. The number of rotatable bonds is 4. The van der Waals surface area contributed by atoms with E-state index in [1.165, 1.54) is 0 Å². The topological polar surface area (TPSA) is 95.6 Å². The van der Waals surface area contributed by atoms with Gasteiger partial charge in [-0.1, -0.05) is 6.07 Å². The zero-order valence-electron chi connectivity index (χ0n) is 14.9. The third-order valence-electron chi connectivity index (χ3n) is 4.06. The molecule has 4 aromatic rings. The van der Waals surface area contributed by atoms with Crippen molar-refractivity contribution in [2.24, 2.45) is 0 Å². The predicted molar refractivity (Wildman–Crippen MR) is 105 cm³/mol. The number of carbonyl (C=O) groups excluding carboxylic acids is 1. The van der Waals surface area contributed by atoms with Gasteiger partial charge in [0.2, 0.25) is 5.95 Å². The summed E-state index contributed by atoms with van der Waals surface area (Å²) in [6.07, 6.45) is 1.74. The van der Waals surface area contributed by atoms with Gasteiger partial charge in [0, 0.05) is 33.7 Å². The summed E-state index contributed by atoms with van der Waals surface area (Å²) in [5, 5.41) is 13.9. The van der Waals surface area contributed by atoms with Gasteiger partial charge in [-0.2, -0.15) is 5.10 Å². The Bertz CT molecular complexity index is 1110. The second-order valence-corrected chi connectivity index (χ2v) is 6.31. The summed E-state index contributed by atoms with van der Waals surface area (Å²) in [7, 11) is 0. The van der Waals surface area contributed by atoms with Crippen molar-refractivity contribution < 1.29 is 4.79 Å². The molecule has 0 radical (unpaired) electrons. The SMILES string of the molecule is Cc1cc(C)nc(Nc2cccc(C(=O)Nc3ccc4cn[nH]c4c3)c2)n1. The number of aromatic nitrogens is 4. The molecular formula is C20H18N6O. The Morgan fingerprint density at radius 2 is 1.78 bits per heavy atom. The highest BCUT2D eigenvalue weighted by atomic mass is 16.1. The number of nitrogens with one attached hydrogen (secondary N) is 3. The summed E-state index contributed by atoms with van der Waals surface area (Å²) in [4.78, 5) is 21.3. The van der Waals surface area contributed by atoms with E-state index in [1.807, 2.05) is 50.2 Å². The van der Waals surface area contributed by atoms with E-state index in [0.717, 1.165) is 28.0 Å². The summed E-state index contributed by atoms with van der Waals surface area (Å²) in [6, 6.07) is 14.7. The second-order valence-electron chi connectivity index (χ2n) is 6.31. The molecule has 7 nitrogen and oxygen atoms in total. The second kappa shape index (κ2) is 6.87. The van der Waals surface area contributed by atoms with Crippen LogP contribution in [-0.4, -0.2) is 26.1 Å². The van der Waals surface area contributed by atoms with Gasteiger partial charge in [0.15, 0.2) is 0 Å². The lowest BCUT2D eigenvalue weighted by atomic mass is 10.1. The summed E-state index contributed by atoms with van der Waals surface area (Å²) < 4.78 is 0. The lowest BCUT2D eigenvalue weighted by Gasteiger charge is -2.09. The minimum atomic E-state index is -0.196. The number of hydrogen-bond donors (Lipinski definition) is 3. The number of anilines is 3. The molecule has 2 aromatic carbocycles. The number of nitrogens with zero attached hydrogens (tertiary/aromatic N) is 3. The van der Waals surface area contributed by atoms with Crippen LogP contribution in [0.25, 0.3) is 10.9 Å². The highest BCUT2D eigenvalue weighted by molar-refractivity contribution is 6.05. The highest BCUT2D eigenvalue weighted by Gasteiger charge is 2.09. The van der Waals surface area contributed by atoms with Gasteiger partial charge in [-0.3, -0.25) is 9.89 Å².